The van der Waals surface area contributed by atoms with Gasteiger partial charge < -0.3 is 9.47 Å². The molecule has 3 aliphatic rings. The Morgan fingerprint density at radius 3 is 2.65 bits per heavy atom. The van der Waals surface area contributed by atoms with Crippen molar-refractivity contribution in [3.8, 4) is 0 Å². The smallest absolute Gasteiger partial charge is 0.201 e. The fraction of sp³-hybridized carbons (Fsp3) is 1.00. The maximum Gasteiger partial charge on any atom is 0.201 e. The monoisotopic (exact) mass is 304 g/mol. The third kappa shape index (κ3) is 2.40. The average Bonchev–Trinajstić information content (AvgIpc) is 2.57. The first-order valence-electron chi connectivity index (χ1n) is 7.75. The summed E-state index contributed by atoms with van der Waals surface area (Å²) in [6.45, 7) is 6.27. The number of alkyl halides is 1. The Morgan fingerprint density at radius 1 is 1.20 bits per heavy atom. The van der Waals surface area contributed by atoms with Gasteiger partial charge in [-0.05, 0) is 43.4 Å². The van der Waals surface area contributed by atoms with Crippen LogP contribution in [0.5, 0.6) is 0 Å². The van der Waals surface area contributed by atoms with E-state index in [2.05, 4.69) is 18.7 Å². The Bertz CT molecular complexity index is 366. The molecule has 3 unspecified atom stereocenters. The van der Waals surface area contributed by atoms with Gasteiger partial charge in [-0.15, -0.1) is 0 Å². The van der Waals surface area contributed by atoms with Gasteiger partial charge in [-0.2, -0.15) is 0 Å². The molecule has 1 aliphatic carbocycles. The van der Waals surface area contributed by atoms with Crippen molar-refractivity contribution in [2.75, 3.05) is 0 Å². The van der Waals surface area contributed by atoms with Crippen molar-refractivity contribution in [1.29, 1.82) is 0 Å². The standard InChI is InChI=1S/C15H25ClO4/c1-8-4-5-11-9(2)13(16)18-14-12(11)10(8)6-7-15(3,19-14)20-17/h8-14,17H,4-7H2,1-3H3/t8-,9-,10?,11+,12?,13?,14-,15+/m1/s1. The van der Waals surface area contributed by atoms with E-state index in [1.165, 1.54) is 12.8 Å². The third-order valence-electron chi connectivity index (χ3n) is 5.83. The molecule has 0 bridgehead atoms. The molecule has 20 heavy (non-hydrogen) atoms. The molecule has 5 heteroatoms. The number of ether oxygens (including phenoxy) is 2. The van der Waals surface area contributed by atoms with Gasteiger partial charge in [0.15, 0.2) is 6.29 Å². The molecule has 2 saturated heterocycles. The second-order valence-electron chi connectivity index (χ2n) is 7.06. The molecule has 1 saturated carbocycles. The van der Waals surface area contributed by atoms with Crippen molar-refractivity contribution in [3.63, 3.8) is 0 Å². The number of halogens is 1. The van der Waals surface area contributed by atoms with Crippen molar-refractivity contribution in [2.24, 2.45) is 29.6 Å². The Labute approximate surface area is 125 Å². The van der Waals surface area contributed by atoms with E-state index in [-0.39, 0.29) is 11.9 Å². The SMILES string of the molecule is C[C@@H]1CC[C@@H]2C3C1CC[C@](C)(OO)O[C@H]3OC(Cl)[C@@H]2C. The predicted octanol–water partition coefficient (Wildman–Crippen LogP) is 3.84. The van der Waals surface area contributed by atoms with Gasteiger partial charge in [0.05, 0.1) is 0 Å². The minimum Gasteiger partial charge on any atom is -0.333 e. The van der Waals surface area contributed by atoms with Crippen molar-refractivity contribution in [1.82, 2.24) is 0 Å². The fourth-order valence-corrected chi connectivity index (χ4v) is 4.79. The molecule has 2 heterocycles. The third-order valence-corrected chi connectivity index (χ3v) is 6.33. The van der Waals surface area contributed by atoms with E-state index in [4.69, 9.17) is 21.1 Å². The summed E-state index contributed by atoms with van der Waals surface area (Å²) in [6, 6.07) is 0. The molecule has 0 aromatic rings. The summed E-state index contributed by atoms with van der Waals surface area (Å²) in [5.41, 5.74) is -0.323. The molecule has 0 aromatic heterocycles. The van der Waals surface area contributed by atoms with Crippen LogP contribution in [0.1, 0.15) is 46.5 Å². The summed E-state index contributed by atoms with van der Waals surface area (Å²) >= 11 is 6.35. The van der Waals surface area contributed by atoms with Gasteiger partial charge in [0.1, 0.15) is 5.56 Å². The average molecular weight is 305 g/mol. The lowest BCUT2D eigenvalue weighted by molar-refractivity contribution is -0.432. The highest BCUT2D eigenvalue weighted by molar-refractivity contribution is 6.19. The predicted molar refractivity (Wildman–Crippen MR) is 75.0 cm³/mol. The van der Waals surface area contributed by atoms with E-state index < -0.39 is 5.79 Å². The highest BCUT2D eigenvalue weighted by atomic mass is 35.5. The summed E-state index contributed by atoms with van der Waals surface area (Å²) in [5.74, 6) is 1.48. The first kappa shape index (κ1) is 15.0. The van der Waals surface area contributed by atoms with E-state index in [1.807, 2.05) is 0 Å². The first-order chi connectivity index (χ1) is 9.45. The van der Waals surface area contributed by atoms with E-state index in [1.54, 1.807) is 6.92 Å². The maximum atomic E-state index is 9.18. The van der Waals surface area contributed by atoms with Crippen LogP contribution >= 0.6 is 11.6 Å². The minimum absolute atomic E-state index is 0.323. The molecule has 0 aromatic carbocycles. The molecule has 3 rings (SSSR count). The van der Waals surface area contributed by atoms with Crippen LogP contribution < -0.4 is 0 Å². The quantitative estimate of drug-likeness (QED) is 0.454. The zero-order chi connectivity index (χ0) is 14.5. The molecular weight excluding hydrogens is 280 g/mol. The molecule has 0 amide bonds. The summed E-state index contributed by atoms with van der Waals surface area (Å²) in [4.78, 5) is 4.61. The van der Waals surface area contributed by atoms with Crippen LogP contribution in [0.4, 0.5) is 0 Å². The van der Waals surface area contributed by atoms with Gasteiger partial charge in [0.25, 0.3) is 0 Å². The maximum absolute atomic E-state index is 9.18. The summed E-state index contributed by atoms with van der Waals surface area (Å²) in [6.07, 6.45) is 3.74. The van der Waals surface area contributed by atoms with Gasteiger partial charge in [-0.25, -0.2) is 10.1 Å². The zero-order valence-corrected chi connectivity index (χ0v) is 13.2. The van der Waals surface area contributed by atoms with Crippen LogP contribution in [0.2, 0.25) is 0 Å². The van der Waals surface area contributed by atoms with Gasteiger partial charge in [0.2, 0.25) is 5.79 Å². The lowest BCUT2D eigenvalue weighted by Crippen LogP contribution is -2.52. The van der Waals surface area contributed by atoms with E-state index in [0.717, 1.165) is 6.42 Å². The molecular formula is C15H25ClO4. The highest BCUT2D eigenvalue weighted by Gasteiger charge is 2.54. The van der Waals surface area contributed by atoms with Gasteiger partial charge >= 0.3 is 0 Å². The molecule has 116 valence electrons. The molecule has 1 N–H and O–H groups in total. The normalized spacial score (nSPS) is 56.0. The molecule has 0 radical (unpaired) electrons. The number of hydrogen-bond donors (Lipinski definition) is 1. The lowest BCUT2D eigenvalue weighted by Gasteiger charge is -2.51. The minimum atomic E-state index is -0.983. The van der Waals surface area contributed by atoms with Crippen LogP contribution in [0.3, 0.4) is 0 Å². The van der Waals surface area contributed by atoms with Crippen LogP contribution in [0, 0.1) is 29.6 Å². The van der Waals surface area contributed by atoms with Crippen LogP contribution in [-0.2, 0) is 14.4 Å². The molecule has 4 nitrogen and oxygen atoms in total. The molecule has 3 fully saturated rings. The van der Waals surface area contributed by atoms with E-state index in [0.29, 0.717) is 36.0 Å². The Morgan fingerprint density at radius 2 is 1.95 bits per heavy atom. The molecule has 0 spiro atoms. The molecule has 8 atom stereocenters. The first-order valence-corrected chi connectivity index (χ1v) is 8.19. The van der Waals surface area contributed by atoms with Crippen molar-refractivity contribution in [2.45, 2.75) is 64.1 Å². The highest BCUT2D eigenvalue weighted by Crippen LogP contribution is 2.53. The van der Waals surface area contributed by atoms with Crippen LogP contribution in [0.15, 0.2) is 0 Å². The van der Waals surface area contributed by atoms with Gasteiger partial charge in [0, 0.05) is 12.3 Å². The van der Waals surface area contributed by atoms with Gasteiger partial charge in [-0.1, -0.05) is 31.9 Å². The largest absolute Gasteiger partial charge is 0.333 e. The zero-order valence-electron chi connectivity index (χ0n) is 12.4. The molecule has 2 aliphatic heterocycles. The van der Waals surface area contributed by atoms with Crippen LogP contribution in [-0.4, -0.2) is 22.9 Å². The van der Waals surface area contributed by atoms with Crippen molar-refractivity contribution in [3.05, 3.63) is 0 Å². The fourth-order valence-electron chi connectivity index (χ4n) is 4.50. The summed E-state index contributed by atoms with van der Waals surface area (Å²) < 4.78 is 11.9. The van der Waals surface area contributed by atoms with E-state index >= 15 is 0 Å². The van der Waals surface area contributed by atoms with Gasteiger partial charge in [-0.3, -0.25) is 0 Å². The Kier molecular flexibility index (Phi) is 4.06. The topological polar surface area (TPSA) is 47.9 Å². The number of hydrogen-bond acceptors (Lipinski definition) is 4. The second-order valence-corrected chi connectivity index (χ2v) is 7.49. The number of rotatable bonds is 1. The Hall–Kier alpha value is 0.130. The summed E-state index contributed by atoms with van der Waals surface area (Å²) in [7, 11) is 0. The van der Waals surface area contributed by atoms with Crippen LogP contribution in [0.25, 0.3) is 0 Å². The Balaban J connectivity index is 1.92. The van der Waals surface area contributed by atoms with Crippen molar-refractivity contribution >= 4 is 11.6 Å². The van der Waals surface area contributed by atoms with E-state index in [9.17, 15) is 5.26 Å². The summed E-state index contributed by atoms with van der Waals surface area (Å²) in [5, 5.41) is 9.18. The second kappa shape index (κ2) is 5.40. The van der Waals surface area contributed by atoms with Crippen molar-refractivity contribution < 1.29 is 19.6 Å². The lowest BCUT2D eigenvalue weighted by atomic mass is 9.61.